The minimum absolute atomic E-state index is 0. The number of hydrogen-bond acceptors (Lipinski definition) is 0. The first kappa shape index (κ1) is 22.8. The Labute approximate surface area is 187 Å². The number of rotatable bonds is 4. The van der Waals surface area contributed by atoms with Gasteiger partial charge in [-0.25, -0.2) is 0 Å². The molecule has 0 N–H and O–H groups in total. The zero-order valence-corrected chi connectivity index (χ0v) is 24.2. The second-order valence-electron chi connectivity index (χ2n) is 9.42. The van der Waals surface area contributed by atoms with Gasteiger partial charge < -0.3 is 0 Å². The molecule has 0 nitrogen and oxygen atoms in total. The summed E-state index contributed by atoms with van der Waals surface area (Å²) in [5.41, 5.74) is 8.55. The molecular formula is C26H31ClGeZr. The summed E-state index contributed by atoms with van der Waals surface area (Å²) in [6, 6.07) is 18.1. The van der Waals surface area contributed by atoms with Crippen LogP contribution >= 0.6 is 12.4 Å². The van der Waals surface area contributed by atoms with Gasteiger partial charge >= 0.3 is 177 Å². The molecule has 0 aliphatic heterocycles. The normalized spacial score (nSPS) is 16.6. The van der Waals surface area contributed by atoms with Crippen LogP contribution in [0.1, 0.15) is 35.1 Å². The quantitative estimate of drug-likeness (QED) is 0.362. The van der Waals surface area contributed by atoms with Crippen LogP contribution in [0, 0.1) is 13.8 Å². The van der Waals surface area contributed by atoms with E-state index >= 15 is 0 Å². The van der Waals surface area contributed by atoms with Gasteiger partial charge in [0.2, 0.25) is 0 Å². The van der Waals surface area contributed by atoms with Gasteiger partial charge in [-0.1, -0.05) is 0 Å². The molecule has 0 aromatic heterocycles. The molecule has 29 heavy (non-hydrogen) atoms. The predicted octanol–water partition coefficient (Wildman–Crippen LogP) is 7.10. The summed E-state index contributed by atoms with van der Waals surface area (Å²) in [7, 11) is 0. The molecule has 0 radical (unpaired) electrons. The van der Waals surface area contributed by atoms with Crippen LogP contribution in [0.4, 0.5) is 0 Å². The van der Waals surface area contributed by atoms with Crippen molar-refractivity contribution in [1.82, 2.24) is 0 Å². The monoisotopic (exact) mass is 542 g/mol. The van der Waals surface area contributed by atoms with E-state index in [0.29, 0.717) is 0 Å². The van der Waals surface area contributed by atoms with Crippen molar-refractivity contribution in [3.05, 3.63) is 102 Å². The Hall–Kier alpha value is -0.884. The van der Waals surface area contributed by atoms with Gasteiger partial charge in [0.1, 0.15) is 0 Å². The first-order chi connectivity index (χ1) is 13.2. The zero-order valence-electron chi connectivity index (χ0n) is 18.0. The number of halogens is 1. The minimum atomic E-state index is -3.18. The van der Waals surface area contributed by atoms with E-state index in [1.165, 1.54) is 45.5 Å². The summed E-state index contributed by atoms with van der Waals surface area (Å²) in [5.74, 6) is 0. The van der Waals surface area contributed by atoms with Crippen LogP contribution in [0.5, 0.6) is 0 Å². The van der Waals surface area contributed by atoms with Gasteiger partial charge in [0.05, 0.1) is 0 Å². The maximum absolute atomic E-state index is 3.18. The molecule has 150 valence electrons. The fourth-order valence-electron chi connectivity index (χ4n) is 4.88. The molecule has 0 fully saturated rings. The Morgan fingerprint density at radius 1 is 0.724 bits per heavy atom. The Morgan fingerprint density at radius 2 is 1.14 bits per heavy atom. The van der Waals surface area contributed by atoms with Crippen LogP contribution in [0.2, 0.25) is 9.26 Å². The summed E-state index contributed by atoms with van der Waals surface area (Å²) < 4.78 is 8.96. The first-order valence-corrected chi connectivity index (χ1v) is 28.2. The second-order valence-corrected chi connectivity index (χ2v) is 51.9. The van der Waals surface area contributed by atoms with Gasteiger partial charge in [-0.15, -0.1) is 12.4 Å². The molecular weight excluding hydrogens is 512 g/mol. The Kier molecular flexibility index (Phi) is 6.55. The smallest absolute Gasteiger partial charge is 0.147 e. The van der Waals surface area contributed by atoms with E-state index in [9.17, 15) is 0 Å². The van der Waals surface area contributed by atoms with E-state index in [4.69, 9.17) is 0 Å². The molecule has 2 aromatic rings. The summed E-state index contributed by atoms with van der Waals surface area (Å²) in [6.45, 7) is 4.40. The van der Waals surface area contributed by atoms with E-state index in [0.717, 1.165) is 12.8 Å². The standard InChI is InChI=1S/2C12H11.2CH3.ClH.GeH2.Zr/c2*1-10-5-4-8-12(9-10)11-6-2-3-7-11;;;;;/h2*2,4-6,8-9H,3H2,1H3;2*1H3;1H;1H2;. The Bertz CT molecular complexity index is 1070. The van der Waals surface area contributed by atoms with Crippen LogP contribution in [-0.2, 0) is 15.7 Å². The van der Waals surface area contributed by atoms with Gasteiger partial charge in [0, 0.05) is 0 Å². The SMILES string of the molecule is Cc1cccc(C2=[C]([Zr]([CH3])([CH3])(=[GeH2])[C]3=C(c4cccc(C)c4)C=CC3)CC=C2)c1.Cl. The number of aryl methyl sites for hydroxylation is 2. The molecule has 3 heteroatoms. The minimum Gasteiger partial charge on any atom is -0.147 e. The van der Waals surface area contributed by atoms with Crippen molar-refractivity contribution in [2.75, 3.05) is 0 Å². The van der Waals surface area contributed by atoms with Crippen LogP contribution in [-0.4, -0.2) is 12.1 Å². The average Bonchev–Trinajstić information content (AvgIpc) is 3.32. The predicted molar refractivity (Wildman–Crippen MR) is 131 cm³/mol. The molecule has 0 saturated heterocycles. The largest absolute Gasteiger partial charge is 0.147 e. The van der Waals surface area contributed by atoms with Crippen molar-refractivity contribution in [1.29, 1.82) is 0 Å². The second kappa shape index (κ2) is 8.33. The molecule has 0 bridgehead atoms. The fraction of sp³-hybridized carbons (Fsp3) is 0.231. The molecule has 2 aliphatic carbocycles. The van der Waals surface area contributed by atoms with Crippen molar-refractivity contribution in [2.24, 2.45) is 0 Å². The molecule has 0 unspecified atom stereocenters. The molecule has 0 atom stereocenters. The topological polar surface area (TPSA) is 0 Å². The van der Waals surface area contributed by atoms with Crippen molar-refractivity contribution in [3.63, 3.8) is 0 Å². The molecule has 0 amide bonds. The summed E-state index contributed by atoms with van der Waals surface area (Å²) >= 11 is -1.77. The molecule has 0 spiro atoms. The van der Waals surface area contributed by atoms with Crippen LogP contribution in [0.3, 0.4) is 0 Å². The van der Waals surface area contributed by atoms with Gasteiger partial charge in [0.25, 0.3) is 0 Å². The number of hydrogen-bond donors (Lipinski definition) is 0. The van der Waals surface area contributed by atoms with Crippen molar-refractivity contribution >= 4 is 35.7 Å². The summed E-state index contributed by atoms with van der Waals surface area (Å²) in [5, 5.41) is 0. The van der Waals surface area contributed by atoms with E-state index in [1.54, 1.807) is 6.56 Å². The van der Waals surface area contributed by atoms with Gasteiger partial charge in [-0.3, -0.25) is 0 Å². The maximum Gasteiger partial charge on any atom is -0.147 e. The maximum atomic E-state index is 2.69. The molecule has 4 rings (SSSR count). The average molecular weight is 543 g/mol. The molecule has 2 aliphatic rings. The van der Waals surface area contributed by atoms with Crippen LogP contribution in [0.25, 0.3) is 11.1 Å². The molecule has 2 aromatic carbocycles. The van der Waals surface area contributed by atoms with E-state index in [2.05, 4.69) is 95.9 Å². The molecule has 0 heterocycles. The summed E-state index contributed by atoms with van der Waals surface area (Å²) in [6.07, 6.45) is 11.9. The Morgan fingerprint density at radius 3 is 1.52 bits per heavy atom. The van der Waals surface area contributed by atoms with E-state index in [1.807, 2.05) is 0 Å². The third-order valence-electron chi connectivity index (χ3n) is 6.46. The third kappa shape index (κ3) is 4.29. The molecule has 0 saturated carbocycles. The van der Waals surface area contributed by atoms with Gasteiger partial charge in [-0.05, 0) is 0 Å². The van der Waals surface area contributed by atoms with E-state index < -0.39 is 15.7 Å². The van der Waals surface area contributed by atoms with Crippen LogP contribution < -0.4 is 0 Å². The summed E-state index contributed by atoms with van der Waals surface area (Å²) in [4.78, 5) is 0. The van der Waals surface area contributed by atoms with Crippen molar-refractivity contribution in [3.8, 4) is 0 Å². The van der Waals surface area contributed by atoms with Gasteiger partial charge in [-0.2, -0.15) is 0 Å². The Balaban J connectivity index is 0.00000240. The first-order valence-electron chi connectivity index (χ1n) is 10.3. The number of benzene rings is 2. The van der Waals surface area contributed by atoms with Gasteiger partial charge in [0.15, 0.2) is 0 Å². The fourth-order valence-corrected chi connectivity index (χ4v) is 23.2. The van der Waals surface area contributed by atoms with Crippen molar-refractivity contribution < 1.29 is 15.7 Å². The van der Waals surface area contributed by atoms with E-state index in [-0.39, 0.29) is 12.4 Å². The number of allylic oxidation sites excluding steroid dienone is 8. The van der Waals surface area contributed by atoms with Crippen LogP contribution in [0.15, 0.2) is 79.4 Å². The third-order valence-corrected chi connectivity index (χ3v) is 28.9. The zero-order chi connectivity index (χ0) is 20.0. The van der Waals surface area contributed by atoms with Crippen molar-refractivity contribution in [2.45, 2.75) is 36.0 Å².